The van der Waals surface area contributed by atoms with Crippen molar-refractivity contribution in [2.75, 3.05) is 12.4 Å². The lowest BCUT2D eigenvalue weighted by atomic mass is 10.2. The molecule has 0 aromatic heterocycles. The van der Waals surface area contributed by atoms with Crippen LogP contribution < -0.4 is 5.32 Å². The Morgan fingerprint density at radius 1 is 1.00 bits per heavy atom. The average molecular weight is 351 g/mol. The second-order valence-corrected chi connectivity index (χ2v) is 5.77. The maximum atomic E-state index is 13.4. The van der Waals surface area contributed by atoms with Gasteiger partial charge in [0.1, 0.15) is 11.6 Å². The summed E-state index contributed by atoms with van der Waals surface area (Å²) >= 11 is 0.988. The summed E-state index contributed by atoms with van der Waals surface area (Å²) in [5, 5.41) is 2.46. The fourth-order valence-electron chi connectivity index (χ4n) is 1.77. The number of esters is 1. The SMILES string of the molecule is O=C(COC(=O)CSc1ccccc1F)NCc1ccccc1F. The lowest BCUT2D eigenvalue weighted by Crippen LogP contribution is -2.29. The van der Waals surface area contributed by atoms with E-state index in [9.17, 15) is 18.4 Å². The van der Waals surface area contributed by atoms with Crippen LogP contribution >= 0.6 is 11.8 Å². The third-order valence-electron chi connectivity index (χ3n) is 2.98. The maximum absolute atomic E-state index is 13.4. The minimum atomic E-state index is -0.635. The van der Waals surface area contributed by atoms with Gasteiger partial charge in [-0.2, -0.15) is 0 Å². The Balaban J connectivity index is 1.69. The zero-order chi connectivity index (χ0) is 17.4. The molecule has 0 saturated carbocycles. The van der Waals surface area contributed by atoms with Crippen LogP contribution in [0.15, 0.2) is 53.4 Å². The van der Waals surface area contributed by atoms with Gasteiger partial charge in [-0.15, -0.1) is 11.8 Å². The van der Waals surface area contributed by atoms with Gasteiger partial charge in [0.15, 0.2) is 6.61 Å². The quantitative estimate of drug-likeness (QED) is 0.616. The van der Waals surface area contributed by atoms with Gasteiger partial charge >= 0.3 is 5.97 Å². The van der Waals surface area contributed by atoms with E-state index in [4.69, 9.17) is 4.74 Å². The number of carbonyl (C=O) groups is 2. The zero-order valence-corrected chi connectivity index (χ0v) is 13.4. The topological polar surface area (TPSA) is 55.4 Å². The van der Waals surface area contributed by atoms with E-state index in [1.54, 1.807) is 36.4 Å². The summed E-state index contributed by atoms with van der Waals surface area (Å²) in [5.74, 6) is -2.12. The maximum Gasteiger partial charge on any atom is 0.316 e. The van der Waals surface area contributed by atoms with Gasteiger partial charge in [0.2, 0.25) is 0 Å². The Bertz CT molecular complexity index is 663. The molecule has 1 amide bonds. The van der Waals surface area contributed by atoms with Gasteiger partial charge in [-0.3, -0.25) is 9.59 Å². The molecular weight excluding hydrogens is 336 g/mol. The van der Waals surface area contributed by atoms with Crippen LogP contribution in [-0.2, 0) is 20.9 Å². The zero-order valence-electron chi connectivity index (χ0n) is 12.6. The van der Waals surface area contributed by atoms with E-state index < -0.39 is 30.1 Å². The summed E-state index contributed by atoms with van der Waals surface area (Å²) in [7, 11) is 0. The van der Waals surface area contributed by atoms with Crippen molar-refractivity contribution in [1.29, 1.82) is 0 Å². The van der Waals surface area contributed by atoms with Crippen molar-refractivity contribution in [1.82, 2.24) is 5.32 Å². The largest absolute Gasteiger partial charge is 0.455 e. The number of hydrogen-bond acceptors (Lipinski definition) is 4. The monoisotopic (exact) mass is 351 g/mol. The van der Waals surface area contributed by atoms with Crippen LogP contribution in [0.5, 0.6) is 0 Å². The van der Waals surface area contributed by atoms with Gasteiger partial charge in [-0.1, -0.05) is 30.3 Å². The summed E-state index contributed by atoms with van der Waals surface area (Å²) in [6.07, 6.45) is 0. The molecule has 0 bridgehead atoms. The second-order valence-electron chi connectivity index (χ2n) is 4.75. The molecule has 7 heteroatoms. The standard InChI is InChI=1S/C17H15F2NO3S/c18-13-6-2-1-5-12(13)9-20-16(21)10-23-17(22)11-24-15-8-4-3-7-14(15)19/h1-8H,9-11H2,(H,20,21). The summed E-state index contributed by atoms with van der Waals surface area (Å²) in [6.45, 7) is -0.460. The number of benzene rings is 2. The fourth-order valence-corrected chi connectivity index (χ4v) is 2.51. The van der Waals surface area contributed by atoms with Crippen LogP contribution in [0.25, 0.3) is 0 Å². The molecule has 0 spiro atoms. The van der Waals surface area contributed by atoms with Crippen molar-refractivity contribution in [2.45, 2.75) is 11.4 Å². The van der Waals surface area contributed by atoms with Crippen LogP contribution in [0.4, 0.5) is 8.78 Å². The number of carbonyl (C=O) groups excluding carboxylic acids is 2. The molecule has 2 aromatic rings. The van der Waals surface area contributed by atoms with Crippen molar-refractivity contribution >= 4 is 23.6 Å². The summed E-state index contributed by atoms with van der Waals surface area (Å²) < 4.78 is 31.6. The number of amides is 1. The van der Waals surface area contributed by atoms with Crippen molar-refractivity contribution in [2.24, 2.45) is 0 Å². The molecule has 0 saturated heterocycles. The second kappa shape index (κ2) is 9.02. The van der Waals surface area contributed by atoms with E-state index in [2.05, 4.69) is 5.32 Å². The summed E-state index contributed by atoms with van der Waals surface area (Å²) in [6, 6.07) is 12.1. The van der Waals surface area contributed by atoms with Crippen LogP contribution in [0.3, 0.4) is 0 Å². The third-order valence-corrected chi connectivity index (χ3v) is 4.00. The normalized spacial score (nSPS) is 10.2. The molecule has 0 aliphatic heterocycles. The first-order valence-corrected chi connectivity index (χ1v) is 8.08. The number of halogens is 2. The molecule has 0 radical (unpaired) electrons. The van der Waals surface area contributed by atoms with Gasteiger partial charge in [0.05, 0.1) is 5.75 Å². The Morgan fingerprint density at radius 3 is 2.38 bits per heavy atom. The number of nitrogens with one attached hydrogen (secondary N) is 1. The lowest BCUT2D eigenvalue weighted by Gasteiger charge is -2.07. The first-order chi connectivity index (χ1) is 11.6. The van der Waals surface area contributed by atoms with Crippen molar-refractivity contribution in [3.63, 3.8) is 0 Å². The minimum Gasteiger partial charge on any atom is -0.455 e. The molecule has 126 valence electrons. The molecule has 0 atom stereocenters. The van der Waals surface area contributed by atoms with Gasteiger partial charge < -0.3 is 10.1 Å². The molecule has 2 aromatic carbocycles. The van der Waals surface area contributed by atoms with Gasteiger partial charge in [-0.05, 0) is 18.2 Å². The Labute approximate surface area is 142 Å². The molecule has 0 fully saturated rings. The molecule has 0 aliphatic carbocycles. The number of hydrogen-bond donors (Lipinski definition) is 1. The first kappa shape index (κ1) is 17.9. The average Bonchev–Trinajstić information content (AvgIpc) is 2.58. The van der Waals surface area contributed by atoms with Crippen molar-refractivity contribution in [3.05, 3.63) is 65.7 Å². The molecule has 2 rings (SSSR count). The van der Waals surface area contributed by atoms with E-state index in [1.165, 1.54) is 12.1 Å². The highest BCUT2D eigenvalue weighted by Gasteiger charge is 2.10. The number of rotatable bonds is 7. The number of thioether (sulfide) groups is 1. The highest BCUT2D eigenvalue weighted by Crippen LogP contribution is 2.20. The summed E-state index contributed by atoms with van der Waals surface area (Å²) in [5.41, 5.74) is 0.340. The molecule has 0 aliphatic rings. The molecule has 4 nitrogen and oxygen atoms in total. The van der Waals surface area contributed by atoms with Crippen LogP contribution in [-0.4, -0.2) is 24.2 Å². The van der Waals surface area contributed by atoms with Crippen LogP contribution in [0.1, 0.15) is 5.56 Å². The molecule has 1 N–H and O–H groups in total. The Morgan fingerprint density at radius 2 is 1.67 bits per heavy atom. The first-order valence-electron chi connectivity index (χ1n) is 7.09. The van der Waals surface area contributed by atoms with Crippen LogP contribution in [0.2, 0.25) is 0 Å². The molecular formula is C17H15F2NO3S. The Kier molecular flexibility index (Phi) is 6.74. The minimum absolute atomic E-state index is 0.00698. The van der Waals surface area contributed by atoms with Gasteiger partial charge in [-0.25, -0.2) is 8.78 Å². The van der Waals surface area contributed by atoms with E-state index in [-0.39, 0.29) is 12.3 Å². The van der Waals surface area contributed by atoms with Crippen molar-refractivity contribution in [3.8, 4) is 0 Å². The van der Waals surface area contributed by atoms with Gasteiger partial charge in [0, 0.05) is 17.0 Å². The third kappa shape index (κ3) is 5.66. The van der Waals surface area contributed by atoms with E-state index in [1.807, 2.05) is 0 Å². The molecule has 0 heterocycles. The predicted molar refractivity (Wildman–Crippen MR) is 86.3 cm³/mol. The highest BCUT2D eigenvalue weighted by atomic mass is 32.2. The van der Waals surface area contributed by atoms with E-state index >= 15 is 0 Å². The molecule has 0 unspecified atom stereocenters. The number of ether oxygens (including phenoxy) is 1. The predicted octanol–water partition coefficient (Wildman–Crippen LogP) is 2.92. The smallest absolute Gasteiger partial charge is 0.316 e. The van der Waals surface area contributed by atoms with E-state index in [0.717, 1.165) is 11.8 Å². The molecule has 24 heavy (non-hydrogen) atoms. The summed E-state index contributed by atoms with van der Waals surface area (Å²) in [4.78, 5) is 23.5. The highest BCUT2D eigenvalue weighted by molar-refractivity contribution is 8.00. The van der Waals surface area contributed by atoms with Crippen LogP contribution in [0, 0.1) is 11.6 Å². The van der Waals surface area contributed by atoms with Crippen molar-refractivity contribution < 1.29 is 23.1 Å². The van der Waals surface area contributed by atoms with Gasteiger partial charge in [0.25, 0.3) is 5.91 Å². The van der Waals surface area contributed by atoms with E-state index in [0.29, 0.717) is 10.5 Å². The fraction of sp³-hybridized carbons (Fsp3) is 0.176. The Hall–Kier alpha value is -2.41. The lowest BCUT2D eigenvalue weighted by molar-refractivity contribution is -0.145.